The van der Waals surface area contributed by atoms with Crippen LogP contribution in [0, 0.1) is 11.8 Å². The number of pyridine rings is 1. The van der Waals surface area contributed by atoms with E-state index < -0.39 is 0 Å². The summed E-state index contributed by atoms with van der Waals surface area (Å²) in [7, 11) is 1.65. The molecule has 2 aliphatic rings. The van der Waals surface area contributed by atoms with Gasteiger partial charge in [-0.25, -0.2) is 0 Å². The van der Waals surface area contributed by atoms with Crippen molar-refractivity contribution in [3.63, 3.8) is 0 Å². The quantitative estimate of drug-likeness (QED) is 0.861. The van der Waals surface area contributed by atoms with Crippen LogP contribution in [0.25, 0.3) is 0 Å². The van der Waals surface area contributed by atoms with Gasteiger partial charge in [0.05, 0.1) is 0 Å². The van der Waals surface area contributed by atoms with Crippen LogP contribution in [0.2, 0.25) is 0 Å². The number of nitrogens with one attached hydrogen (secondary N) is 1. The van der Waals surface area contributed by atoms with Crippen molar-refractivity contribution < 1.29 is 9.59 Å². The normalized spacial score (nSPS) is 19.1. The highest BCUT2D eigenvalue weighted by atomic mass is 16.2. The minimum atomic E-state index is -0.250. The van der Waals surface area contributed by atoms with Gasteiger partial charge < -0.3 is 14.8 Å². The second-order valence-corrected chi connectivity index (χ2v) is 8.09. The van der Waals surface area contributed by atoms with Crippen molar-refractivity contribution in [2.24, 2.45) is 18.9 Å². The van der Waals surface area contributed by atoms with Crippen molar-refractivity contribution in [2.45, 2.75) is 51.4 Å². The number of hydrogen-bond donors (Lipinski definition) is 1. The fraction of sp³-hybridized carbons (Fsp3) is 0.667. The maximum Gasteiger partial charge on any atom is 0.263 e. The van der Waals surface area contributed by atoms with Crippen LogP contribution in [-0.4, -0.2) is 40.9 Å². The summed E-state index contributed by atoms with van der Waals surface area (Å²) in [5, 5.41) is 3.10. The van der Waals surface area contributed by atoms with Gasteiger partial charge >= 0.3 is 0 Å². The summed E-state index contributed by atoms with van der Waals surface area (Å²) >= 11 is 0. The molecule has 0 spiro atoms. The maximum atomic E-state index is 12.6. The van der Waals surface area contributed by atoms with E-state index in [1.807, 2.05) is 0 Å². The molecule has 0 atom stereocenters. The lowest BCUT2D eigenvalue weighted by Gasteiger charge is -2.32. The molecule has 1 saturated carbocycles. The van der Waals surface area contributed by atoms with Gasteiger partial charge in [-0.2, -0.15) is 0 Å². The number of carbonyl (C=O) groups is 2. The highest BCUT2D eigenvalue weighted by Gasteiger charge is 2.26. The molecule has 148 valence electrons. The van der Waals surface area contributed by atoms with Crippen molar-refractivity contribution in [3.8, 4) is 0 Å². The van der Waals surface area contributed by atoms with Crippen molar-refractivity contribution in [3.05, 3.63) is 34.2 Å². The lowest BCUT2D eigenvalue weighted by Crippen LogP contribution is -2.43. The smallest absolute Gasteiger partial charge is 0.263 e. The first-order valence-electron chi connectivity index (χ1n) is 10.3. The van der Waals surface area contributed by atoms with Gasteiger partial charge in [-0.05, 0) is 49.7 Å². The van der Waals surface area contributed by atoms with Crippen LogP contribution in [-0.2, 0) is 11.8 Å². The standard InChI is InChI=1S/C21H31N3O3/c1-23-11-5-8-18(20(23)26)21(27)24-12-9-17(10-13-24)15-22-19(25)14-16-6-3-2-4-7-16/h5,8,11,16-17H,2-4,6-7,9-10,12-15H2,1H3,(H,22,25). The Kier molecular flexibility index (Phi) is 6.69. The highest BCUT2D eigenvalue weighted by molar-refractivity contribution is 5.93. The SMILES string of the molecule is Cn1cccc(C(=O)N2CCC(CNC(=O)CC3CCCCC3)CC2)c1=O. The molecule has 1 N–H and O–H groups in total. The molecule has 2 fully saturated rings. The molecule has 1 saturated heterocycles. The van der Waals surface area contributed by atoms with Crippen LogP contribution in [0.4, 0.5) is 0 Å². The molecule has 2 amide bonds. The Morgan fingerprint density at radius 3 is 2.48 bits per heavy atom. The zero-order chi connectivity index (χ0) is 19.2. The summed E-state index contributed by atoms with van der Waals surface area (Å²) in [6.45, 7) is 1.97. The number of likely N-dealkylation sites (tertiary alicyclic amines) is 1. The van der Waals surface area contributed by atoms with E-state index in [9.17, 15) is 14.4 Å². The Bertz CT molecular complexity index is 714. The van der Waals surface area contributed by atoms with E-state index in [0.29, 0.717) is 37.9 Å². The molecule has 3 rings (SSSR count). The number of nitrogens with zero attached hydrogens (tertiary/aromatic N) is 2. The van der Waals surface area contributed by atoms with Crippen LogP contribution in [0.15, 0.2) is 23.1 Å². The Balaban J connectivity index is 1.42. The summed E-state index contributed by atoms with van der Waals surface area (Å²) in [4.78, 5) is 38.7. The summed E-state index contributed by atoms with van der Waals surface area (Å²) in [5.74, 6) is 0.957. The van der Waals surface area contributed by atoms with Gasteiger partial charge in [0.1, 0.15) is 5.56 Å². The van der Waals surface area contributed by atoms with Crippen molar-refractivity contribution in [1.29, 1.82) is 0 Å². The molecule has 1 aliphatic heterocycles. The van der Waals surface area contributed by atoms with E-state index in [1.54, 1.807) is 30.3 Å². The minimum absolute atomic E-state index is 0.174. The van der Waals surface area contributed by atoms with Crippen LogP contribution >= 0.6 is 0 Å². The third-order valence-electron chi connectivity index (χ3n) is 6.04. The highest BCUT2D eigenvalue weighted by Crippen LogP contribution is 2.26. The van der Waals surface area contributed by atoms with E-state index in [0.717, 1.165) is 12.8 Å². The summed E-state index contributed by atoms with van der Waals surface area (Å²) < 4.78 is 1.43. The number of carbonyl (C=O) groups excluding carboxylic acids is 2. The first kappa shape index (κ1) is 19.6. The molecular formula is C21H31N3O3. The molecule has 6 heteroatoms. The molecule has 6 nitrogen and oxygen atoms in total. The molecule has 1 aliphatic carbocycles. The van der Waals surface area contributed by atoms with E-state index in [2.05, 4.69) is 5.32 Å². The third kappa shape index (κ3) is 5.21. The Morgan fingerprint density at radius 1 is 1.07 bits per heavy atom. The Hall–Kier alpha value is -2.11. The van der Waals surface area contributed by atoms with E-state index >= 15 is 0 Å². The van der Waals surface area contributed by atoms with Crippen molar-refractivity contribution >= 4 is 11.8 Å². The Labute approximate surface area is 160 Å². The molecule has 27 heavy (non-hydrogen) atoms. The number of rotatable bonds is 5. The van der Waals surface area contributed by atoms with Crippen LogP contribution in [0.5, 0.6) is 0 Å². The first-order chi connectivity index (χ1) is 13.0. The van der Waals surface area contributed by atoms with Gasteiger partial charge in [-0.3, -0.25) is 14.4 Å². The number of amides is 2. The molecule has 0 bridgehead atoms. The Morgan fingerprint density at radius 2 is 1.78 bits per heavy atom. The van der Waals surface area contributed by atoms with E-state index in [-0.39, 0.29) is 22.9 Å². The van der Waals surface area contributed by atoms with Crippen molar-refractivity contribution in [1.82, 2.24) is 14.8 Å². The molecule has 2 heterocycles. The minimum Gasteiger partial charge on any atom is -0.356 e. The van der Waals surface area contributed by atoms with Crippen LogP contribution < -0.4 is 10.9 Å². The number of piperidine rings is 1. The van der Waals surface area contributed by atoms with E-state index in [4.69, 9.17) is 0 Å². The predicted molar refractivity (Wildman–Crippen MR) is 105 cm³/mol. The van der Waals surface area contributed by atoms with Gasteiger partial charge in [0, 0.05) is 39.3 Å². The largest absolute Gasteiger partial charge is 0.356 e. The van der Waals surface area contributed by atoms with Gasteiger partial charge in [-0.1, -0.05) is 19.3 Å². The molecule has 0 aromatic carbocycles. The number of aromatic nitrogens is 1. The second-order valence-electron chi connectivity index (χ2n) is 8.09. The van der Waals surface area contributed by atoms with Crippen LogP contribution in [0.3, 0.4) is 0 Å². The average molecular weight is 373 g/mol. The molecular weight excluding hydrogens is 342 g/mol. The molecule has 1 aromatic rings. The molecule has 1 aromatic heterocycles. The average Bonchev–Trinajstić information content (AvgIpc) is 2.69. The fourth-order valence-electron chi connectivity index (χ4n) is 4.25. The van der Waals surface area contributed by atoms with Gasteiger partial charge in [0.2, 0.25) is 5.91 Å². The number of aryl methyl sites for hydroxylation is 1. The van der Waals surface area contributed by atoms with Crippen LogP contribution in [0.1, 0.15) is 61.7 Å². The lowest BCUT2D eigenvalue weighted by molar-refractivity contribution is -0.122. The predicted octanol–water partition coefficient (Wildman–Crippen LogP) is 2.32. The number of hydrogen-bond acceptors (Lipinski definition) is 3. The summed E-state index contributed by atoms with van der Waals surface area (Å²) in [6, 6.07) is 3.32. The monoisotopic (exact) mass is 373 g/mol. The maximum absolute atomic E-state index is 12.6. The summed E-state index contributed by atoms with van der Waals surface area (Å²) in [5.41, 5.74) is -0.0150. The molecule has 0 radical (unpaired) electrons. The van der Waals surface area contributed by atoms with Gasteiger partial charge in [0.25, 0.3) is 11.5 Å². The molecule has 0 unspecified atom stereocenters. The topological polar surface area (TPSA) is 71.4 Å². The second kappa shape index (κ2) is 9.20. The fourth-order valence-corrected chi connectivity index (χ4v) is 4.25. The first-order valence-corrected chi connectivity index (χ1v) is 10.3. The van der Waals surface area contributed by atoms with Gasteiger partial charge in [-0.15, -0.1) is 0 Å². The third-order valence-corrected chi connectivity index (χ3v) is 6.04. The van der Waals surface area contributed by atoms with Crippen molar-refractivity contribution in [2.75, 3.05) is 19.6 Å². The summed E-state index contributed by atoms with van der Waals surface area (Å²) in [6.07, 6.45) is 10.2. The van der Waals surface area contributed by atoms with Gasteiger partial charge in [0.15, 0.2) is 0 Å². The zero-order valence-electron chi connectivity index (χ0n) is 16.3. The van der Waals surface area contributed by atoms with E-state index in [1.165, 1.54) is 36.7 Å². The lowest BCUT2D eigenvalue weighted by atomic mass is 9.87. The zero-order valence-corrected chi connectivity index (χ0v) is 16.3.